The van der Waals surface area contributed by atoms with E-state index in [4.69, 9.17) is 25.8 Å². The summed E-state index contributed by atoms with van der Waals surface area (Å²) in [6.07, 6.45) is 1.40. The van der Waals surface area contributed by atoms with E-state index in [0.29, 0.717) is 35.3 Å². The number of hydrogen-bond donors (Lipinski definition) is 1. The number of imide groups is 2. The molecule has 3 aromatic carbocycles. The van der Waals surface area contributed by atoms with Crippen LogP contribution in [0.25, 0.3) is 6.08 Å². The van der Waals surface area contributed by atoms with Gasteiger partial charge in [0.15, 0.2) is 11.5 Å². The molecule has 1 fully saturated rings. The van der Waals surface area contributed by atoms with E-state index in [9.17, 15) is 14.4 Å². The van der Waals surface area contributed by atoms with Crippen LogP contribution in [0, 0.1) is 6.92 Å². The first-order chi connectivity index (χ1) is 17.9. The van der Waals surface area contributed by atoms with Gasteiger partial charge < -0.3 is 14.2 Å². The van der Waals surface area contributed by atoms with Crippen LogP contribution < -0.4 is 24.4 Å². The molecule has 1 heterocycles. The van der Waals surface area contributed by atoms with E-state index in [1.165, 1.54) is 18.2 Å². The molecule has 1 saturated heterocycles. The van der Waals surface area contributed by atoms with Crippen molar-refractivity contribution in [2.45, 2.75) is 13.8 Å². The highest BCUT2D eigenvalue weighted by atomic mass is 35.5. The van der Waals surface area contributed by atoms with Crippen molar-refractivity contribution in [1.82, 2.24) is 5.32 Å². The van der Waals surface area contributed by atoms with E-state index in [0.717, 1.165) is 16.2 Å². The Morgan fingerprint density at radius 3 is 2.38 bits per heavy atom. The molecule has 0 aromatic heterocycles. The standard InChI is InChI=1S/C28H25ClN2O6/c1-3-35-25-17-19(7-12-24(25)37-14-13-36-22-6-4-5-18(2)15-22)16-23-26(32)30-28(34)31(27(23)33)21-10-8-20(29)9-11-21/h4-12,15-17H,3,13-14H2,1-2H3,(H,30,32,34). The maximum atomic E-state index is 13.1. The van der Waals surface area contributed by atoms with Crippen molar-refractivity contribution in [1.29, 1.82) is 0 Å². The van der Waals surface area contributed by atoms with Crippen LogP contribution in [0.2, 0.25) is 5.02 Å². The van der Waals surface area contributed by atoms with Gasteiger partial charge in [-0.2, -0.15) is 0 Å². The Hall–Kier alpha value is -4.30. The summed E-state index contributed by atoms with van der Waals surface area (Å²) in [5, 5.41) is 2.65. The molecule has 0 aliphatic carbocycles. The summed E-state index contributed by atoms with van der Waals surface area (Å²) in [6.45, 7) is 4.83. The smallest absolute Gasteiger partial charge is 0.335 e. The number of carbonyl (C=O) groups excluding carboxylic acids is 3. The SMILES string of the molecule is CCOc1cc(C=C2C(=O)NC(=O)N(c3ccc(Cl)cc3)C2=O)ccc1OCCOc1cccc(C)c1. The molecule has 1 aliphatic rings. The summed E-state index contributed by atoms with van der Waals surface area (Å²) < 4.78 is 17.3. The van der Waals surface area contributed by atoms with Crippen LogP contribution in [-0.2, 0) is 9.59 Å². The molecular weight excluding hydrogens is 496 g/mol. The number of barbiturate groups is 1. The number of nitrogens with zero attached hydrogens (tertiary/aromatic N) is 1. The average molecular weight is 521 g/mol. The van der Waals surface area contributed by atoms with Gasteiger partial charge in [-0.15, -0.1) is 0 Å². The lowest BCUT2D eigenvalue weighted by Crippen LogP contribution is -2.54. The van der Waals surface area contributed by atoms with E-state index in [1.807, 2.05) is 38.1 Å². The number of rotatable bonds is 9. The number of nitrogens with one attached hydrogen (secondary N) is 1. The van der Waals surface area contributed by atoms with Crippen LogP contribution in [0.15, 0.2) is 72.3 Å². The number of anilines is 1. The number of benzene rings is 3. The summed E-state index contributed by atoms with van der Waals surface area (Å²) in [4.78, 5) is 38.9. The second-order valence-electron chi connectivity index (χ2n) is 8.09. The minimum atomic E-state index is -0.832. The third kappa shape index (κ3) is 6.29. The first kappa shape index (κ1) is 25.8. The number of carbonyl (C=O) groups is 3. The maximum absolute atomic E-state index is 13.1. The second kappa shape index (κ2) is 11.6. The molecule has 4 rings (SSSR count). The van der Waals surface area contributed by atoms with Crippen molar-refractivity contribution >= 4 is 41.2 Å². The van der Waals surface area contributed by atoms with Crippen LogP contribution in [0.5, 0.6) is 17.2 Å². The minimum absolute atomic E-state index is 0.197. The molecule has 3 aromatic rings. The van der Waals surface area contributed by atoms with Crippen molar-refractivity contribution in [3.8, 4) is 17.2 Å². The molecule has 0 saturated carbocycles. The lowest BCUT2D eigenvalue weighted by Gasteiger charge is -2.26. The summed E-state index contributed by atoms with van der Waals surface area (Å²) in [5.74, 6) is 0.169. The summed E-state index contributed by atoms with van der Waals surface area (Å²) >= 11 is 5.91. The van der Waals surface area contributed by atoms with Gasteiger partial charge in [0.2, 0.25) is 0 Å². The Bertz CT molecular complexity index is 1350. The van der Waals surface area contributed by atoms with E-state index in [2.05, 4.69) is 5.32 Å². The number of aryl methyl sites for hydroxylation is 1. The highest BCUT2D eigenvalue weighted by Crippen LogP contribution is 2.30. The van der Waals surface area contributed by atoms with Gasteiger partial charge in [0.25, 0.3) is 11.8 Å². The highest BCUT2D eigenvalue weighted by molar-refractivity contribution is 6.39. The Labute approximate surface area is 219 Å². The normalized spacial score (nSPS) is 14.5. The molecule has 8 nitrogen and oxygen atoms in total. The molecular formula is C28H25ClN2O6. The second-order valence-corrected chi connectivity index (χ2v) is 8.52. The maximum Gasteiger partial charge on any atom is 0.335 e. The van der Waals surface area contributed by atoms with Crippen molar-refractivity contribution in [2.24, 2.45) is 0 Å². The quantitative estimate of drug-likeness (QED) is 0.237. The molecule has 0 radical (unpaired) electrons. The molecule has 190 valence electrons. The van der Waals surface area contributed by atoms with Crippen molar-refractivity contribution < 1.29 is 28.6 Å². The van der Waals surface area contributed by atoms with Gasteiger partial charge in [-0.1, -0.05) is 29.8 Å². The minimum Gasteiger partial charge on any atom is -0.490 e. The topological polar surface area (TPSA) is 94.2 Å². The third-order valence-corrected chi connectivity index (χ3v) is 5.62. The highest BCUT2D eigenvalue weighted by Gasteiger charge is 2.36. The zero-order valence-corrected chi connectivity index (χ0v) is 21.1. The number of hydrogen-bond acceptors (Lipinski definition) is 6. The van der Waals surface area contributed by atoms with Crippen LogP contribution in [0.1, 0.15) is 18.1 Å². The number of ether oxygens (including phenoxy) is 3. The zero-order valence-electron chi connectivity index (χ0n) is 20.3. The Morgan fingerprint density at radius 2 is 1.65 bits per heavy atom. The number of halogens is 1. The van der Waals surface area contributed by atoms with Crippen molar-refractivity contribution in [3.05, 3.63) is 88.5 Å². The summed E-state index contributed by atoms with van der Waals surface area (Å²) in [5.41, 5.74) is 1.72. The summed E-state index contributed by atoms with van der Waals surface area (Å²) in [7, 11) is 0. The van der Waals surface area contributed by atoms with E-state index in [-0.39, 0.29) is 17.9 Å². The zero-order chi connectivity index (χ0) is 26.4. The van der Waals surface area contributed by atoms with Gasteiger partial charge in [-0.25, -0.2) is 9.69 Å². The molecule has 0 atom stereocenters. The van der Waals surface area contributed by atoms with E-state index < -0.39 is 17.8 Å². The molecule has 1 aliphatic heterocycles. The fourth-order valence-corrected chi connectivity index (χ4v) is 3.79. The molecule has 0 bridgehead atoms. The molecule has 9 heteroatoms. The van der Waals surface area contributed by atoms with Gasteiger partial charge in [0.05, 0.1) is 12.3 Å². The van der Waals surface area contributed by atoms with Crippen LogP contribution in [0.3, 0.4) is 0 Å². The monoisotopic (exact) mass is 520 g/mol. The first-order valence-corrected chi connectivity index (χ1v) is 12.0. The van der Waals surface area contributed by atoms with Gasteiger partial charge >= 0.3 is 6.03 Å². The molecule has 1 N–H and O–H groups in total. The van der Waals surface area contributed by atoms with Gasteiger partial charge in [-0.05, 0) is 79.6 Å². The van der Waals surface area contributed by atoms with Gasteiger partial charge in [0, 0.05) is 5.02 Å². The molecule has 4 amide bonds. The largest absolute Gasteiger partial charge is 0.490 e. The lowest BCUT2D eigenvalue weighted by molar-refractivity contribution is -0.122. The van der Waals surface area contributed by atoms with Crippen LogP contribution in [0.4, 0.5) is 10.5 Å². The van der Waals surface area contributed by atoms with Gasteiger partial charge in [0.1, 0.15) is 24.5 Å². The fourth-order valence-electron chi connectivity index (χ4n) is 3.67. The van der Waals surface area contributed by atoms with Crippen molar-refractivity contribution in [2.75, 3.05) is 24.7 Å². The Morgan fingerprint density at radius 1 is 0.892 bits per heavy atom. The first-order valence-electron chi connectivity index (χ1n) is 11.6. The van der Waals surface area contributed by atoms with E-state index >= 15 is 0 Å². The van der Waals surface area contributed by atoms with Crippen LogP contribution in [-0.4, -0.2) is 37.7 Å². The summed E-state index contributed by atoms with van der Waals surface area (Å²) in [6, 6.07) is 18.1. The molecule has 0 spiro atoms. The number of urea groups is 1. The molecule has 37 heavy (non-hydrogen) atoms. The Balaban J connectivity index is 1.50. The predicted molar refractivity (Wildman–Crippen MR) is 140 cm³/mol. The Kier molecular flexibility index (Phi) is 8.10. The van der Waals surface area contributed by atoms with Crippen LogP contribution >= 0.6 is 11.6 Å². The van der Waals surface area contributed by atoms with E-state index in [1.54, 1.807) is 30.3 Å². The predicted octanol–water partition coefficient (Wildman–Crippen LogP) is 5.17. The molecule has 0 unspecified atom stereocenters. The number of amides is 4. The van der Waals surface area contributed by atoms with Crippen molar-refractivity contribution in [3.63, 3.8) is 0 Å². The van der Waals surface area contributed by atoms with Gasteiger partial charge in [-0.3, -0.25) is 14.9 Å². The third-order valence-electron chi connectivity index (χ3n) is 5.36. The average Bonchev–Trinajstić information content (AvgIpc) is 2.87. The lowest BCUT2D eigenvalue weighted by atomic mass is 10.1. The fraction of sp³-hybridized carbons (Fsp3) is 0.179.